The van der Waals surface area contributed by atoms with Crippen LogP contribution in [0.1, 0.15) is 84.6 Å². The highest BCUT2D eigenvalue weighted by Crippen LogP contribution is 2.26. The van der Waals surface area contributed by atoms with Crippen LogP contribution >= 0.6 is 0 Å². The van der Waals surface area contributed by atoms with Crippen LogP contribution in [0.4, 0.5) is 10.6 Å². The Labute approximate surface area is 167 Å². The van der Waals surface area contributed by atoms with E-state index < -0.39 is 6.29 Å². The van der Waals surface area contributed by atoms with E-state index in [1.165, 1.54) is 6.42 Å². The van der Waals surface area contributed by atoms with Crippen LogP contribution in [0, 0.1) is 0 Å². The highest BCUT2D eigenvalue weighted by molar-refractivity contribution is 5.88. The Kier molecular flexibility index (Phi) is 6.27. The number of urea groups is 1. The predicted molar refractivity (Wildman–Crippen MR) is 109 cm³/mol. The van der Waals surface area contributed by atoms with Crippen molar-refractivity contribution < 1.29 is 9.59 Å². The predicted octanol–water partition coefficient (Wildman–Crippen LogP) is 2.98. The Balaban J connectivity index is 1.79. The Hall–Kier alpha value is -2.09. The quantitative estimate of drug-likeness (QED) is 0.635. The molecule has 1 aliphatic carbocycles. The standard InChI is InChI=1S/C20H34N6O2/c1-5-13-11-17(27)24-18(21-13)26-16(12-15(25-26)20(2,3)4)23-19(28)22-14-9-7-6-8-10-14/h12-14,18,21H,5-11H2,1-4H3,(H,24,27)(H2,22,23,28). The fourth-order valence-electron chi connectivity index (χ4n) is 3.79. The molecular formula is C20H34N6O2. The molecule has 2 atom stereocenters. The number of rotatable bonds is 4. The van der Waals surface area contributed by atoms with Gasteiger partial charge in [0.05, 0.1) is 5.69 Å². The Morgan fingerprint density at radius 3 is 2.64 bits per heavy atom. The topological polar surface area (TPSA) is 100 Å². The fraction of sp³-hybridized carbons (Fsp3) is 0.750. The molecule has 2 fully saturated rings. The van der Waals surface area contributed by atoms with Gasteiger partial charge in [0.25, 0.3) is 0 Å². The average molecular weight is 391 g/mol. The van der Waals surface area contributed by atoms with Crippen molar-refractivity contribution in [2.45, 2.75) is 96.4 Å². The molecule has 1 aromatic heterocycles. The van der Waals surface area contributed by atoms with Crippen LogP contribution < -0.4 is 21.3 Å². The Morgan fingerprint density at radius 1 is 1.29 bits per heavy atom. The van der Waals surface area contributed by atoms with Gasteiger partial charge >= 0.3 is 6.03 Å². The molecular weight excluding hydrogens is 356 g/mol. The number of hydrogen-bond acceptors (Lipinski definition) is 4. The number of aromatic nitrogens is 2. The molecule has 156 valence electrons. The van der Waals surface area contributed by atoms with Crippen LogP contribution in [0.25, 0.3) is 0 Å². The van der Waals surface area contributed by atoms with Crippen LogP contribution in [0.2, 0.25) is 0 Å². The van der Waals surface area contributed by atoms with Gasteiger partial charge < -0.3 is 10.6 Å². The van der Waals surface area contributed by atoms with E-state index >= 15 is 0 Å². The minimum absolute atomic E-state index is 0.0129. The van der Waals surface area contributed by atoms with Gasteiger partial charge in [-0.3, -0.25) is 15.4 Å². The zero-order chi connectivity index (χ0) is 20.3. The SMILES string of the molecule is CCC1CC(=O)NC(n2nc(C(C)(C)C)cc2NC(=O)NC2CCCCC2)N1. The van der Waals surface area contributed by atoms with Crippen molar-refractivity contribution in [3.63, 3.8) is 0 Å². The summed E-state index contributed by atoms with van der Waals surface area (Å²) in [5.74, 6) is 0.564. The van der Waals surface area contributed by atoms with Gasteiger partial charge in [0.1, 0.15) is 5.82 Å². The molecule has 28 heavy (non-hydrogen) atoms. The molecule has 8 nitrogen and oxygen atoms in total. The molecule has 0 bridgehead atoms. The normalized spacial score (nSPS) is 23.9. The summed E-state index contributed by atoms with van der Waals surface area (Å²) in [6.45, 7) is 8.28. The molecule has 8 heteroatoms. The van der Waals surface area contributed by atoms with E-state index in [2.05, 4.69) is 42.0 Å². The summed E-state index contributed by atoms with van der Waals surface area (Å²) in [6.07, 6.45) is 6.44. The first kappa shape index (κ1) is 20.6. The molecule has 2 aliphatic rings. The maximum absolute atomic E-state index is 12.6. The second kappa shape index (κ2) is 8.51. The summed E-state index contributed by atoms with van der Waals surface area (Å²) >= 11 is 0. The molecule has 2 heterocycles. The molecule has 4 N–H and O–H groups in total. The van der Waals surface area contributed by atoms with Gasteiger partial charge in [0.2, 0.25) is 5.91 Å². The molecule has 1 aliphatic heterocycles. The summed E-state index contributed by atoms with van der Waals surface area (Å²) in [5, 5.41) is 17.1. The van der Waals surface area contributed by atoms with Gasteiger partial charge in [-0.1, -0.05) is 47.0 Å². The minimum Gasteiger partial charge on any atom is -0.335 e. The van der Waals surface area contributed by atoms with Gasteiger partial charge in [0, 0.05) is 30.0 Å². The first-order valence-corrected chi connectivity index (χ1v) is 10.5. The highest BCUT2D eigenvalue weighted by atomic mass is 16.2. The summed E-state index contributed by atoms with van der Waals surface area (Å²) in [7, 11) is 0. The van der Waals surface area contributed by atoms with Crippen LogP contribution in [0.3, 0.4) is 0 Å². The number of anilines is 1. The van der Waals surface area contributed by atoms with Gasteiger partial charge in [-0.25, -0.2) is 9.48 Å². The van der Waals surface area contributed by atoms with Crippen molar-refractivity contribution in [3.05, 3.63) is 11.8 Å². The zero-order valence-corrected chi connectivity index (χ0v) is 17.5. The van der Waals surface area contributed by atoms with E-state index in [0.717, 1.165) is 37.8 Å². The molecule has 0 spiro atoms. The zero-order valence-electron chi connectivity index (χ0n) is 17.5. The molecule has 1 aromatic rings. The van der Waals surface area contributed by atoms with Gasteiger partial charge in [-0.2, -0.15) is 5.10 Å². The first-order valence-electron chi connectivity index (χ1n) is 10.5. The molecule has 3 rings (SSSR count). The minimum atomic E-state index is -0.479. The third-order valence-corrected chi connectivity index (χ3v) is 5.55. The molecule has 0 aromatic carbocycles. The molecule has 3 amide bonds. The number of nitrogens with zero attached hydrogens (tertiary/aromatic N) is 2. The summed E-state index contributed by atoms with van der Waals surface area (Å²) in [6, 6.07) is 1.99. The largest absolute Gasteiger partial charge is 0.335 e. The lowest BCUT2D eigenvalue weighted by atomic mass is 9.92. The maximum atomic E-state index is 12.6. The second-order valence-corrected chi connectivity index (χ2v) is 8.99. The Bertz CT molecular complexity index is 702. The van der Waals surface area contributed by atoms with Crippen molar-refractivity contribution in [2.75, 3.05) is 5.32 Å². The molecule has 1 saturated heterocycles. The van der Waals surface area contributed by atoms with Crippen molar-refractivity contribution >= 4 is 17.8 Å². The van der Waals surface area contributed by atoms with Crippen LogP contribution in [0.15, 0.2) is 6.07 Å². The van der Waals surface area contributed by atoms with E-state index in [1.807, 2.05) is 13.0 Å². The Morgan fingerprint density at radius 2 is 2.00 bits per heavy atom. The second-order valence-electron chi connectivity index (χ2n) is 8.99. The summed E-state index contributed by atoms with van der Waals surface area (Å²) in [4.78, 5) is 24.7. The maximum Gasteiger partial charge on any atom is 0.320 e. The average Bonchev–Trinajstić information content (AvgIpc) is 3.06. The van der Waals surface area contributed by atoms with E-state index in [-0.39, 0.29) is 29.4 Å². The number of carbonyl (C=O) groups is 2. The first-order chi connectivity index (χ1) is 13.3. The lowest BCUT2D eigenvalue weighted by molar-refractivity contribution is -0.125. The molecule has 2 unspecified atom stereocenters. The van der Waals surface area contributed by atoms with Crippen molar-refractivity contribution in [2.24, 2.45) is 0 Å². The number of hydrogen-bond donors (Lipinski definition) is 4. The molecule has 1 saturated carbocycles. The monoisotopic (exact) mass is 390 g/mol. The smallest absolute Gasteiger partial charge is 0.320 e. The van der Waals surface area contributed by atoms with Crippen molar-refractivity contribution in [1.82, 2.24) is 25.7 Å². The summed E-state index contributed by atoms with van der Waals surface area (Å²) < 4.78 is 1.68. The van der Waals surface area contributed by atoms with Gasteiger partial charge in [-0.05, 0) is 19.3 Å². The number of nitrogens with one attached hydrogen (secondary N) is 4. The fourth-order valence-corrected chi connectivity index (χ4v) is 3.79. The lowest BCUT2D eigenvalue weighted by Crippen LogP contribution is -2.53. The lowest BCUT2D eigenvalue weighted by Gasteiger charge is -2.32. The van der Waals surface area contributed by atoms with Gasteiger partial charge in [-0.15, -0.1) is 0 Å². The third kappa shape index (κ3) is 5.04. The number of carbonyl (C=O) groups excluding carboxylic acids is 2. The third-order valence-electron chi connectivity index (χ3n) is 5.55. The van der Waals surface area contributed by atoms with Crippen molar-refractivity contribution in [1.29, 1.82) is 0 Å². The van der Waals surface area contributed by atoms with E-state index in [0.29, 0.717) is 12.2 Å². The van der Waals surface area contributed by atoms with E-state index in [4.69, 9.17) is 5.10 Å². The summed E-state index contributed by atoms with van der Waals surface area (Å²) in [5.41, 5.74) is 0.680. The van der Waals surface area contributed by atoms with E-state index in [1.54, 1.807) is 4.68 Å². The highest BCUT2D eigenvalue weighted by Gasteiger charge is 2.30. The van der Waals surface area contributed by atoms with Crippen LogP contribution in [-0.2, 0) is 10.2 Å². The van der Waals surface area contributed by atoms with Crippen molar-refractivity contribution in [3.8, 4) is 0 Å². The number of amides is 3. The van der Waals surface area contributed by atoms with Crippen LogP contribution in [0.5, 0.6) is 0 Å². The van der Waals surface area contributed by atoms with Gasteiger partial charge in [0.15, 0.2) is 6.29 Å². The molecule has 0 radical (unpaired) electrons. The van der Waals surface area contributed by atoms with E-state index in [9.17, 15) is 9.59 Å². The van der Waals surface area contributed by atoms with Crippen LogP contribution in [-0.4, -0.2) is 33.8 Å².